The van der Waals surface area contributed by atoms with Gasteiger partial charge in [0.1, 0.15) is 12.3 Å². The van der Waals surface area contributed by atoms with Crippen LogP contribution in [0.3, 0.4) is 0 Å². The van der Waals surface area contributed by atoms with E-state index in [2.05, 4.69) is 33.0 Å². The van der Waals surface area contributed by atoms with E-state index in [4.69, 9.17) is 4.84 Å². The maximum Gasteiger partial charge on any atom is 0.118 e. The van der Waals surface area contributed by atoms with Crippen molar-refractivity contribution in [3.05, 3.63) is 64.4 Å². The van der Waals surface area contributed by atoms with Crippen LogP contribution in [0.2, 0.25) is 0 Å². The minimum atomic E-state index is 0.653. The van der Waals surface area contributed by atoms with Crippen molar-refractivity contribution in [2.24, 2.45) is 5.16 Å². The van der Waals surface area contributed by atoms with Crippen molar-refractivity contribution < 1.29 is 4.84 Å². The van der Waals surface area contributed by atoms with Gasteiger partial charge in [-0.25, -0.2) is 0 Å². The Morgan fingerprint density at radius 2 is 1.91 bits per heavy atom. The molecule has 0 saturated carbocycles. The SMILES string of the molecule is CCCCCCON=C(c1ccc(Br)cc1)c1cccnc1. The zero-order valence-electron chi connectivity index (χ0n) is 12.8. The van der Waals surface area contributed by atoms with Crippen LogP contribution < -0.4 is 0 Å². The molecule has 1 heterocycles. The fourth-order valence-electron chi connectivity index (χ4n) is 2.09. The summed E-state index contributed by atoms with van der Waals surface area (Å²) >= 11 is 3.46. The third-order valence-electron chi connectivity index (χ3n) is 3.30. The molecule has 1 aromatic heterocycles. The molecule has 1 aromatic carbocycles. The lowest BCUT2D eigenvalue weighted by Gasteiger charge is -2.07. The number of benzene rings is 1. The highest BCUT2D eigenvalue weighted by molar-refractivity contribution is 9.10. The Labute approximate surface area is 140 Å². The Morgan fingerprint density at radius 1 is 1.09 bits per heavy atom. The summed E-state index contributed by atoms with van der Waals surface area (Å²) in [7, 11) is 0. The monoisotopic (exact) mass is 360 g/mol. The lowest BCUT2D eigenvalue weighted by atomic mass is 10.0. The van der Waals surface area contributed by atoms with Crippen LogP contribution in [0.1, 0.15) is 43.7 Å². The summed E-state index contributed by atoms with van der Waals surface area (Å²) < 4.78 is 1.04. The highest BCUT2D eigenvalue weighted by atomic mass is 79.9. The number of aromatic nitrogens is 1. The van der Waals surface area contributed by atoms with Crippen molar-refractivity contribution in [1.82, 2.24) is 4.98 Å². The van der Waals surface area contributed by atoms with Gasteiger partial charge in [0.25, 0.3) is 0 Å². The van der Waals surface area contributed by atoms with E-state index in [0.29, 0.717) is 6.61 Å². The van der Waals surface area contributed by atoms with Gasteiger partial charge >= 0.3 is 0 Å². The fourth-order valence-corrected chi connectivity index (χ4v) is 2.35. The Balaban J connectivity index is 2.10. The van der Waals surface area contributed by atoms with E-state index in [9.17, 15) is 0 Å². The van der Waals surface area contributed by atoms with Crippen LogP contribution in [0.5, 0.6) is 0 Å². The Kier molecular flexibility index (Phi) is 7.10. The molecular weight excluding hydrogens is 340 g/mol. The third-order valence-corrected chi connectivity index (χ3v) is 3.83. The lowest BCUT2D eigenvalue weighted by Crippen LogP contribution is -2.05. The van der Waals surface area contributed by atoms with E-state index < -0.39 is 0 Å². The molecule has 0 radical (unpaired) electrons. The molecule has 3 nitrogen and oxygen atoms in total. The molecule has 0 bridgehead atoms. The standard InChI is InChI=1S/C18H21BrN2O/c1-2-3-4-5-13-22-21-18(16-7-6-12-20-14-16)15-8-10-17(19)11-9-15/h6-12,14H,2-5,13H2,1H3. The van der Waals surface area contributed by atoms with Crippen molar-refractivity contribution in [3.8, 4) is 0 Å². The highest BCUT2D eigenvalue weighted by Crippen LogP contribution is 2.15. The second kappa shape index (κ2) is 9.36. The Bertz CT molecular complexity index is 582. The van der Waals surface area contributed by atoms with Crippen molar-refractivity contribution in [2.45, 2.75) is 32.6 Å². The molecule has 0 aliphatic heterocycles. The van der Waals surface area contributed by atoms with Crippen LogP contribution in [-0.4, -0.2) is 17.3 Å². The summed E-state index contributed by atoms with van der Waals surface area (Å²) in [4.78, 5) is 9.70. The molecule has 0 aliphatic rings. The summed E-state index contributed by atoms with van der Waals surface area (Å²) in [5.41, 5.74) is 2.79. The van der Waals surface area contributed by atoms with Crippen LogP contribution >= 0.6 is 15.9 Å². The Morgan fingerprint density at radius 3 is 2.59 bits per heavy atom. The molecule has 2 aromatic rings. The molecular formula is C18H21BrN2O. The van der Waals surface area contributed by atoms with Gasteiger partial charge in [-0.3, -0.25) is 4.98 Å². The van der Waals surface area contributed by atoms with Crippen LogP contribution in [0.4, 0.5) is 0 Å². The Hall–Kier alpha value is -1.68. The van der Waals surface area contributed by atoms with Crippen LogP contribution in [0.25, 0.3) is 0 Å². The maximum absolute atomic E-state index is 5.53. The first-order valence-corrected chi connectivity index (χ1v) is 8.47. The number of halogens is 1. The number of oxime groups is 1. The molecule has 0 amide bonds. The number of rotatable bonds is 8. The van der Waals surface area contributed by atoms with Crippen molar-refractivity contribution in [1.29, 1.82) is 0 Å². The molecule has 0 fully saturated rings. The predicted octanol–water partition coefficient (Wildman–Crippen LogP) is 5.19. The second-order valence-corrected chi connectivity index (χ2v) is 6.00. The van der Waals surface area contributed by atoms with E-state index in [0.717, 1.165) is 27.7 Å². The largest absolute Gasteiger partial charge is 0.395 e. The molecule has 0 aliphatic carbocycles. The summed E-state index contributed by atoms with van der Waals surface area (Å²) in [6.07, 6.45) is 8.26. The first-order valence-electron chi connectivity index (χ1n) is 7.67. The predicted molar refractivity (Wildman–Crippen MR) is 94.1 cm³/mol. The maximum atomic E-state index is 5.53. The van der Waals surface area contributed by atoms with Gasteiger partial charge in [0.15, 0.2) is 0 Å². The van der Waals surface area contributed by atoms with Crippen molar-refractivity contribution >= 4 is 21.6 Å². The van der Waals surface area contributed by atoms with Gasteiger partial charge in [-0.2, -0.15) is 0 Å². The fraction of sp³-hybridized carbons (Fsp3) is 0.333. The normalized spacial score (nSPS) is 11.5. The lowest BCUT2D eigenvalue weighted by molar-refractivity contribution is 0.140. The van der Waals surface area contributed by atoms with Gasteiger partial charge in [0.05, 0.1) is 0 Å². The number of unbranched alkanes of at least 4 members (excludes halogenated alkanes) is 3. The molecule has 4 heteroatoms. The highest BCUT2D eigenvalue weighted by Gasteiger charge is 2.08. The van der Waals surface area contributed by atoms with E-state index in [1.165, 1.54) is 19.3 Å². The number of hydrogen-bond acceptors (Lipinski definition) is 3. The number of hydrogen-bond donors (Lipinski definition) is 0. The molecule has 116 valence electrons. The molecule has 0 saturated heterocycles. The molecule has 2 rings (SSSR count). The molecule has 22 heavy (non-hydrogen) atoms. The van der Waals surface area contributed by atoms with Crippen molar-refractivity contribution in [2.75, 3.05) is 6.61 Å². The second-order valence-electron chi connectivity index (χ2n) is 5.08. The summed E-state index contributed by atoms with van der Waals surface area (Å²) in [5, 5.41) is 4.35. The van der Waals surface area contributed by atoms with Crippen molar-refractivity contribution in [3.63, 3.8) is 0 Å². The number of nitrogens with zero attached hydrogens (tertiary/aromatic N) is 2. The summed E-state index contributed by atoms with van der Waals surface area (Å²) in [6.45, 7) is 2.85. The molecule has 0 unspecified atom stereocenters. The zero-order valence-corrected chi connectivity index (χ0v) is 14.4. The van der Waals surface area contributed by atoms with E-state index in [1.807, 2.05) is 36.4 Å². The summed E-state index contributed by atoms with van der Waals surface area (Å²) in [6, 6.07) is 12.0. The first kappa shape index (κ1) is 16.7. The van der Waals surface area contributed by atoms with E-state index >= 15 is 0 Å². The van der Waals surface area contributed by atoms with E-state index in [1.54, 1.807) is 12.4 Å². The van der Waals surface area contributed by atoms with Gasteiger partial charge in [0, 0.05) is 28.0 Å². The summed E-state index contributed by atoms with van der Waals surface area (Å²) in [5.74, 6) is 0. The minimum Gasteiger partial charge on any atom is -0.395 e. The van der Waals surface area contributed by atoms with E-state index in [-0.39, 0.29) is 0 Å². The minimum absolute atomic E-state index is 0.653. The quantitative estimate of drug-likeness (QED) is 0.368. The molecule has 0 N–H and O–H groups in total. The molecule has 0 atom stereocenters. The smallest absolute Gasteiger partial charge is 0.118 e. The van der Waals surface area contributed by atoms with Gasteiger partial charge in [-0.15, -0.1) is 0 Å². The average Bonchev–Trinajstić information content (AvgIpc) is 2.56. The first-order chi connectivity index (χ1) is 10.8. The van der Waals surface area contributed by atoms with Gasteiger partial charge in [-0.05, 0) is 37.1 Å². The topological polar surface area (TPSA) is 34.5 Å². The van der Waals surface area contributed by atoms with Gasteiger partial charge < -0.3 is 4.84 Å². The van der Waals surface area contributed by atoms with Crippen LogP contribution in [0.15, 0.2) is 58.4 Å². The zero-order chi connectivity index (χ0) is 15.6. The van der Waals surface area contributed by atoms with Crippen LogP contribution in [-0.2, 0) is 4.84 Å². The molecule has 0 spiro atoms. The van der Waals surface area contributed by atoms with Gasteiger partial charge in [0.2, 0.25) is 0 Å². The third kappa shape index (κ3) is 5.26. The van der Waals surface area contributed by atoms with Crippen LogP contribution in [0, 0.1) is 0 Å². The van der Waals surface area contributed by atoms with Gasteiger partial charge in [-0.1, -0.05) is 53.0 Å². The number of pyridine rings is 1. The average molecular weight is 361 g/mol.